The summed E-state index contributed by atoms with van der Waals surface area (Å²) in [5, 5.41) is 7.82. The molecule has 0 spiro atoms. The lowest BCUT2D eigenvalue weighted by Gasteiger charge is -2.21. The molecule has 0 aliphatic rings. The highest BCUT2D eigenvalue weighted by Crippen LogP contribution is 2.32. The van der Waals surface area contributed by atoms with E-state index in [9.17, 15) is 17.6 Å². The minimum absolute atomic E-state index is 0. The molecular formula is C23H29FN2O4S. The predicted octanol–water partition coefficient (Wildman–Crippen LogP) is 5.55. The molecule has 0 heterocycles. The van der Waals surface area contributed by atoms with Crippen molar-refractivity contribution in [2.75, 3.05) is 5.32 Å². The molecule has 0 unspecified atom stereocenters. The molecule has 31 heavy (non-hydrogen) atoms. The van der Waals surface area contributed by atoms with Crippen molar-refractivity contribution in [2.45, 2.75) is 31.1 Å². The maximum absolute atomic E-state index is 13.2. The number of benzene rings is 3. The molecule has 3 rings (SSSR count). The van der Waals surface area contributed by atoms with Gasteiger partial charge in [-0.15, -0.1) is 0 Å². The summed E-state index contributed by atoms with van der Waals surface area (Å²) < 4.78 is 42.3. The lowest BCUT2D eigenvalue weighted by molar-refractivity contribution is 0.102. The van der Waals surface area contributed by atoms with Gasteiger partial charge in [0, 0.05) is 9.97 Å². The zero-order valence-electron chi connectivity index (χ0n) is 17.3. The minimum Gasteiger partial charge on any atom is -0.457 e. The van der Waals surface area contributed by atoms with Crippen molar-refractivity contribution in [1.82, 2.24) is 0 Å². The van der Waals surface area contributed by atoms with E-state index in [1.165, 1.54) is 42.5 Å². The molecular weight excluding hydrogens is 419 g/mol. The number of ether oxygens (including phenoxy) is 1. The number of nitrogens with two attached hydrogens (primary N) is 1. The first-order valence-electron chi connectivity index (χ1n) is 9.46. The number of primary sulfonamides is 1. The summed E-state index contributed by atoms with van der Waals surface area (Å²) in [6.45, 7) is 6.09. The smallest absolute Gasteiger partial charge is 0.259 e. The minimum atomic E-state index is -3.91. The molecule has 0 radical (unpaired) electrons. The van der Waals surface area contributed by atoms with Crippen LogP contribution in [0, 0.1) is 5.82 Å². The first kappa shape index (κ1) is 22.5. The summed E-state index contributed by atoms with van der Waals surface area (Å²) in [5.41, 5.74) is 1.25. The van der Waals surface area contributed by atoms with Gasteiger partial charge in [-0.25, -0.2) is 17.9 Å². The normalized spacial score (nSPS) is 11.8. The maximum Gasteiger partial charge on any atom is 0.259 e. The fraction of sp³-hybridized carbons (Fsp3) is 0.174. The largest absolute Gasteiger partial charge is 0.457 e. The summed E-state index contributed by atoms with van der Waals surface area (Å²) in [5.74, 6) is -0.232. The molecule has 0 saturated carbocycles. The second kappa shape index (κ2) is 8.49. The number of hydrogen-bond acceptors (Lipinski definition) is 4. The van der Waals surface area contributed by atoms with Crippen LogP contribution in [0.25, 0.3) is 0 Å². The Morgan fingerprint density at radius 1 is 1.03 bits per heavy atom. The topological polar surface area (TPSA) is 98.5 Å². The van der Waals surface area contributed by atoms with Crippen molar-refractivity contribution in [3.8, 4) is 11.5 Å². The van der Waals surface area contributed by atoms with Crippen LogP contribution in [0.5, 0.6) is 11.5 Å². The lowest BCUT2D eigenvalue weighted by Crippen LogP contribution is -2.16. The fourth-order valence-electron chi connectivity index (χ4n) is 2.84. The van der Waals surface area contributed by atoms with Gasteiger partial charge in [-0.05, 0) is 65.6 Å². The van der Waals surface area contributed by atoms with Gasteiger partial charge < -0.3 is 10.1 Å². The van der Waals surface area contributed by atoms with Crippen LogP contribution in [-0.4, -0.2) is 14.3 Å². The Morgan fingerprint density at radius 2 is 1.71 bits per heavy atom. The third-order valence-corrected chi connectivity index (χ3v) is 5.47. The quantitative estimate of drug-likeness (QED) is 0.534. The Balaban J connectivity index is 0.00000363. The molecule has 0 atom stereocenters. The zero-order chi connectivity index (χ0) is 22.8. The van der Waals surface area contributed by atoms with E-state index in [0.29, 0.717) is 11.5 Å². The Morgan fingerprint density at radius 3 is 2.32 bits per heavy atom. The second-order valence-corrected chi connectivity index (χ2v) is 9.61. The van der Waals surface area contributed by atoms with Gasteiger partial charge in [-0.1, -0.05) is 32.9 Å². The highest BCUT2D eigenvalue weighted by atomic mass is 32.2. The van der Waals surface area contributed by atoms with Gasteiger partial charge in [0.1, 0.15) is 17.3 Å². The molecule has 0 saturated heterocycles. The molecule has 3 N–H and O–H groups in total. The van der Waals surface area contributed by atoms with Crippen LogP contribution in [0.15, 0.2) is 71.6 Å². The first-order valence-corrected chi connectivity index (χ1v) is 11.0. The highest BCUT2D eigenvalue weighted by molar-refractivity contribution is 7.89. The number of nitrogens with one attached hydrogen (secondary N) is 1. The summed E-state index contributed by atoms with van der Waals surface area (Å²) in [7, 11) is -3.91. The number of halogens is 1. The maximum atomic E-state index is 13.2. The van der Waals surface area contributed by atoms with Gasteiger partial charge in [-0.3, -0.25) is 4.79 Å². The number of sulfonamides is 1. The summed E-state index contributed by atoms with van der Waals surface area (Å²) in [6, 6.07) is 16.3. The Bertz CT molecular complexity index is 1230. The number of hydrogen-bond donors (Lipinski definition) is 2. The summed E-state index contributed by atoms with van der Waals surface area (Å²) in [6.07, 6.45) is 0. The van der Waals surface area contributed by atoms with Gasteiger partial charge in [0.25, 0.3) is 5.91 Å². The van der Waals surface area contributed by atoms with Gasteiger partial charge >= 0.3 is 0 Å². The monoisotopic (exact) mass is 448 g/mol. The predicted molar refractivity (Wildman–Crippen MR) is 124 cm³/mol. The number of rotatable bonds is 5. The number of carbonyl (C=O) groups is 1. The molecule has 3 aromatic carbocycles. The van der Waals surface area contributed by atoms with E-state index in [1.54, 1.807) is 18.2 Å². The number of amides is 1. The van der Waals surface area contributed by atoms with Crippen molar-refractivity contribution in [2.24, 2.45) is 5.14 Å². The Kier molecular flexibility index (Phi) is 6.15. The zero-order valence-corrected chi connectivity index (χ0v) is 18.2. The summed E-state index contributed by atoms with van der Waals surface area (Å²) in [4.78, 5) is 12.9. The van der Waals surface area contributed by atoms with Crippen molar-refractivity contribution < 1.29 is 26.6 Å². The molecule has 0 aliphatic carbocycles. The van der Waals surface area contributed by atoms with E-state index in [1.807, 2.05) is 26.8 Å². The number of carbonyl (C=O) groups excluding carboxylic acids is 1. The van der Waals surface area contributed by atoms with Crippen LogP contribution in [-0.2, 0) is 15.4 Å². The molecule has 0 aliphatic heterocycles. The van der Waals surface area contributed by atoms with E-state index >= 15 is 0 Å². The van der Waals surface area contributed by atoms with Gasteiger partial charge in [-0.2, -0.15) is 0 Å². The fourth-order valence-corrected chi connectivity index (χ4v) is 3.40. The van der Waals surface area contributed by atoms with Crippen LogP contribution in [0.3, 0.4) is 0 Å². The SMILES string of the molecule is CC(C)(C)c1ccc(C(=O)Nc2cccc(S(N)(=O)=O)c2)c(Oc2ccc(F)cc2)c1.[HH].[HH].[HH]. The van der Waals surface area contributed by atoms with Crippen LogP contribution in [0.1, 0.15) is 41.0 Å². The molecule has 3 aromatic rings. The standard InChI is InChI=1S/C23H23FN2O4S.3H2/c1-23(2,3)15-7-12-20(21(13-15)30-18-10-8-16(24)9-11-18)22(27)26-17-5-4-6-19(14-17)31(25,28)29;;;/h4-14H,1-3H3,(H,26,27)(H2,25,28,29);3*1H. The molecule has 0 bridgehead atoms. The van der Waals surface area contributed by atoms with Gasteiger partial charge in [0.2, 0.25) is 10.0 Å². The van der Waals surface area contributed by atoms with Crippen molar-refractivity contribution >= 4 is 21.6 Å². The molecule has 6 nitrogen and oxygen atoms in total. The van der Waals surface area contributed by atoms with Crippen molar-refractivity contribution in [3.63, 3.8) is 0 Å². The van der Waals surface area contributed by atoms with E-state index < -0.39 is 21.7 Å². The van der Waals surface area contributed by atoms with Gasteiger partial charge in [0.15, 0.2) is 0 Å². The molecule has 1 amide bonds. The van der Waals surface area contributed by atoms with Gasteiger partial charge in [0.05, 0.1) is 10.5 Å². The van der Waals surface area contributed by atoms with Crippen molar-refractivity contribution in [1.29, 1.82) is 0 Å². The lowest BCUT2D eigenvalue weighted by atomic mass is 9.86. The Hall–Kier alpha value is -3.23. The van der Waals surface area contributed by atoms with Crippen LogP contribution in [0.2, 0.25) is 0 Å². The van der Waals surface area contributed by atoms with Crippen LogP contribution >= 0.6 is 0 Å². The third-order valence-electron chi connectivity index (χ3n) is 4.55. The highest BCUT2D eigenvalue weighted by Gasteiger charge is 2.20. The second-order valence-electron chi connectivity index (χ2n) is 8.04. The van der Waals surface area contributed by atoms with Crippen LogP contribution in [0.4, 0.5) is 10.1 Å². The van der Waals surface area contributed by atoms with E-state index in [2.05, 4.69) is 5.32 Å². The molecule has 8 heteroatoms. The Labute approximate surface area is 185 Å². The number of anilines is 1. The van der Waals surface area contributed by atoms with Crippen molar-refractivity contribution in [3.05, 3.63) is 83.7 Å². The summed E-state index contributed by atoms with van der Waals surface area (Å²) >= 11 is 0. The third kappa shape index (κ3) is 5.68. The average molecular weight is 449 g/mol. The first-order chi connectivity index (χ1) is 14.4. The van der Waals surface area contributed by atoms with Crippen LogP contribution < -0.4 is 15.2 Å². The van der Waals surface area contributed by atoms with E-state index in [4.69, 9.17) is 9.88 Å². The molecule has 168 valence electrons. The average Bonchev–Trinajstić information content (AvgIpc) is 2.68. The van der Waals surface area contributed by atoms with E-state index in [0.717, 1.165) is 5.56 Å². The van der Waals surface area contributed by atoms with E-state index in [-0.39, 0.29) is 25.8 Å². The molecule has 0 fully saturated rings. The molecule has 0 aromatic heterocycles.